The highest BCUT2D eigenvalue weighted by atomic mass is 32.2. The fourth-order valence-electron chi connectivity index (χ4n) is 9.52. The minimum Gasteiger partial charge on any atom is -0.507 e. The molecule has 23 nitrogen and oxygen atoms in total. The van der Waals surface area contributed by atoms with Gasteiger partial charge in [-0.25, -0.2) is 34.1 Å². The molecule has 26 heteroatoms. The quantitative estimate of drug-likeness (QED) is 0.00911. The van der Waals surface area contributed by atoms with Gasteiger partial charge in [0.05, 0.1) is 12.2 Å². The summed E-state index contributed by atoms with van der Waals surface area (Å²) in [5.74, 6) is 0.420. The van der Waals surface area contributed by atoms with E-state index in [1.165, 1.54) is 25.0 Å². The molecule has 0 radical (unpaired) electrons. The maximum absolute atomic E-state index is 14.1. The van der Waals surface area contributed by atoms with E-state index in [9.17, 15) is 24.3 Å². The molecule has 6 rings (SSSR count). The summed E-state index contributed by atoms with van der Waals surface area (Å²) < 4.78 is 70.4. The zero-order valence-electron chi connectivity index (χ0n) is 54.6. The van der Waals surface area contributed by atoms with Gasteiger partial charge in [0.2, 0.25) is 0 Å². The first kappa shape index (κ1) is 74.5. The van der Waals surface area contributed by atoms with E-state index in [1.54, 1.807) is 12.1 Å². The number of phenols is 1. The predicted octanol–water partition coefficient (Wildman–Crippen LogP) is 12.3. The Morgan fingerprint density at radius 2 is 0.849 bits per heavy atom. The van der Waals surface area contributed by atoms with Crippen LogP contribution in [0.3, 0.4) is 0 Å². The van der Waals surface area contributed by atoms with Crippen LogP contribution < -0.4 is 20.7 Å². The second-order valence-electron chi connectivity index (χ2n) is 21.0. The molecule has 504 valence electrons. The number of phenolic OH excluding ortho intramolecular Hbond substituents is 1. The molecular formula is C67H90N6O17SSi2. The van der Waals surface area contributed by atoms with Crippen molar-refractivity contribution in [3.63, 3.8) is 0 Å². The lowest BCUT2D eigenvalue weighted by atomic mass is 9.92. The normalized spacial score (nSPS) is 12.0. The van der Waals surface area contributed by atoms with Gasteiger partial charge in [-0.15, -0.1) is 0 Å². The second kappa shape index (κ2) is 39.9. The third kappa shape index (κ3) is 24.4. The van der Waals surface area contributed by atoms with E-state index in [4.69, 9.17) is 69.4 Å². The lowest BCUT2D eigenvalue weighted by Gasteiger charge is -2.32. The predicted molar refractivity (Wildman–Crippen MR) is 359 cm³/mol. The Morgan fingerprint density at radius 1 is 0.473 bits per heavy atom. The average molecular weight is 1340 g/mol. The highest BCUT2D eigenvalue weighted by Gasteiger charge is 2.42. The number of aromatic nitrogens is 3. The molecule has 0 saturated carbocycles. The number of hydrogen-bond donors (Lipinski definition) is 4. The van der Waals surface area contributed by atoms with Gasteiger partial charge in [0.15, 0.2) is 23.6 Å². The summed E-state index contributed by atoms with van der Waals surface area (Å²) in [6, 6.07) is 41.0. The van der Waals surface area contributed by atoms with Crippen molar-refractivity contribution in [1.29, 1.82) is 0 Å². The van der Waals surface area contributed by atoms with Gasteiger partial charge < -0.3 is 75.5 Å². The van der Waals surface area contributed by atoms with Crippen molar-refractivity contribution >= 4 is 53.9 Å². The molecule has 0 aliphatic heterocycles. The van der Waals surface area contributed by atoms with Crippen molar-refractivity contribution in [3.8, 4) is 67.9 Å². The number of alkyl carbamates (subject to hydrolysis) is 3. The first-order valence-electron chi connectivity index (χ1n) is 31.7. The molecule has 6 aromatic rings. The number of hydrogen-bond acceptors (Lipinski definition) is 21. The maximum atomic E-state index is 14.1. The summed E-state index contributed by atoms with van der Waals surface area (Å²) in [4.78, 5) is 69.1. The molecule has 0 aliphatic carbocycles. The number of nitrogens with zero attached hydrogens (tertiary/aromatic N) is 3. The van der Waals surface area contributed by atoms with E-state index in [0.29, 0.717) is 95.0 Å². The topological polar surface area (TPSA) is 274 Å². The van der Waals surface area contributed by atoms with Crippen molar-refractivity contribution in [1.82, 2.24) is 30.9 Å². The number of aromatic hydroxyl groups is 1. The van der Waals surface area contributed by atoms with Gasteiger partial charge in [-0.05, 0) is 121 Å². The molecule has 1 unspecified atom stereocenters. The largest absolute Gasteiger partial charge is 0.507 e. The zero-order valence-corrected chi connectivity index (χ0v) is 57.4. The van der Waals surface area contributed by atoms with Gasteiger partial charge in [0.25, 0.3) is 0 Å². The van der Waals surface area contributed by atoms with E-state index in [-0.39, 0.29) is 42.5 Å². The number of carbonyl (C=O) groups excluding carboxylic acids is 4. The molecule has 1 heterocycles. The van der Waals surface area contributed by atoms with Crippen LogP contribution in [-0.2, 0) is 54.5 Å². The van der Waals surface area contributed by atoms with Crippen molar-refractivity contribution in [2.75, 3.05) is 98.1 Å². The highest BCUT2D eigenvalue weighted by molar-refractivity contribution is 7.94. The van der Waals surface area contributed by atoms with Crippen LogP contribution in [0.15, 0.2) is 127 Å². The van der Waals surface area contributed by atoms with Crippen molar-refractivity contribution < 1.29 is 78.7 Å². The number of amides is 3. The number of rotatable bonds is 42. The Kier molecular flexibility index (Phi) is 32.0. The zero-order chi connectivity index (χ0) is 66.7. The fraction of sp³-hybridized carbons (Fsp3) is 0.448. The molecule has 1 atom stereocenters. The van der Waals surface area contributed by atoms with Crippen LogP contribution in [0.25, 0.3) is 56.4 Å². The molecule has 4 N–H and O–H groups in total. The first-order chi connectivity index (χ1) is 45.1. The van der Waals surface area contributed by atoms with E-state index in [0.717, 1.165) is 33.4 Å². The summed E-state index contributed by atoms with van der Waals surface area (Å²) in [7, 11) is -6.07. The van der Waals surface area contributed by atoms with Crippen LogP contribution in [0.4, 0.5) is 14.4 Å². The summed E-state index contributed by atoms with van der Waals surface area (Å²) in [5.41, 5.74) is 4.11. The number of benzene rings is 5. The summed E-state index contributed by atoms with van der Waals surface area (Å²) in [6.07, 6.45) is -2.52. The molecule has 5 aromatic carbocycles. The Bertz CT molecular complexity index is 3020. The molecular weight excluding hydrogens is 1250 g/mol. The minimum atomic E-state index is -3.03. The number of ether oxygens (including phenoxy) is 5. The third-order valence-corrected chi connectivity index (χ3v) is 21.1. The Hall–Kier alpha value is -7.51. The summed E-state index contributed by atoms with van der Waals surface area (Å²) in [6.45, 7) is 15.4. The number of nitrogens with one attached hydrogen (secondary N) is 3. The molecule has 0 saturated heterocycles. The van der Waals surface area contributed by atoms with Crippen LogP contribution in [0.5, 0.6) is 11.5 Å². The lowest BCUT2D eigenvalue weighted by Crippen LogP contribution is -2.47. The Morgan fingerprint density at radius 3 is 1.25 bits per heavy atom. The van der Waals surface area contributed by atoms with E-state index in [1.807, 2.05) is 158 Å². The molecule has 0 spiro atoms. The molecule has 0 aliphatic rings. The van der Waals surface area contributed by atoms with E-state index >= 15 is 0 Å². The number of esters is 1. The summed E-state index contributed by atoms with van der Waals surface area (Å²) >= 11 is 1.27. The third-order valence-electron chi connectivity index (χ3n) is 14.0. The molecule has 93 heavy (non-hydrogen) atoms. The van der Waals surface area contributed by atoms with Crippen LogP contribution in [-0.4, -0.2) is 166 Å². The van der Waals surface area contributed by atoms with Gasteiger partial charge in [0, 0.05) is 94.3 Å². The van der Waals surface area contributed by atoms with Crippen molar-refractivity contribution in [3.05, 3.63) is 127 Å². The van der Waals surface area contributed by atoms with E-state index < -0.39 is 79.8 Å². The van der Waals surface area contributed by atoms with E-state index in [2.05, 4.69) is 16.0 Å². The summed E-state index contributed by atoms with van der Waals surface area (Å²) in [5, 5.41) is 19.9. The fourth-order valence-corrected chi connectivity index (χ4v) is 15.3. The van der Waals surface area contributed by atoms with Gasteiger partial charge in [-0.2, -0.15) is 0 Å². The van der Waals surface area contributed by atoms with Gasteiger partial charge in [0.1, 0.15) is 43.3 Å². The molecule has 3 amide bonds. The van der Waals surface area contributed by atoms with Crippen LogP contribution >= 0.6 is 12.0 Å². The smallest absolute Gasteiger partial charge is 0.500 e. The average Bonchev–Trinajstić information content (AvgIpc) is 0.877. The van der Waals surface area contributed by atoms with Gasteiger partial charge in [-0.3, -0.25) is 0 Å². The first-order valence-corrected chi connectivity index (χ1v) is 36.5. The highest BCUT2D eigenvalue weighted by Crippen LogP contribution is 2.35. The lowest BCUT2D eigenvalue weighted by molar-refractivity contribution is -0.158. The molecule has 0 fully saturated rings. The SMILES string of the molecule is CCOSCCCNC(=O)OCC(COC(=O)NCCC[Si](OCC)(OCC)OCC)(COC(=O)NCCC[Si](OCC)(OCC)OCC)COC(=O)C(C)Oc1ccc(-c2nc(-c3ccc(-c4ccccc4)cc3)nc(-c3ccc(-c4ccccc4)cc3)n2)c(O)c1. The van der Waals surface area contributed by atoms with Crippen LogP contribution in [0.1, 0.15) is 74.7 Å². The maximum Gasteiger partial charge on any atom is 0.500 e. The Balaban J connectivity index is 1.23. The van der Waals surface area contributed by atoms with Gasteiger partial charge in [-0.1, -0.05) is 109 Å². The van der Waals surface area contributed by atoms with Gasteiger partial charge >= 0.3 is 41.9 Å². The molecule has 1 aromatic heterocycles. The standard InChI is InChI=1S/C67H90N6O17SSi2/c1-9-83-91-42-22-39-68-64(76)80-47-67(48-81-65(77)69-40-23-43-92(84-10-2,85-11-3)86-12-4,49-82-66(78)70-41-24-44-93(87-13-5,88-14-6)89-15-7)46-79-63(75)50(8)90-57-37-38-58(59(74)45-57)62-72-60(55-33-29-53(30-34-55)51-25-18-16-19-26-51)71-61(73-62)56-35-31-54(32-36-56)52-27-20-17-21-28-52/h16-21,25-38,45,50,74H,9-15,22-24,39-44,46-49H2,1-8H3,(H,68,76)(H,69,77)(H,70,78). The Labute approximate surface area is 552 Å². The molecule has 0 bridgehead atoms. The van der Waals surface area contributed by atoms with Crippen LogP contribution in [0, 0.1) is 5.41 Å². The number of carbonyl (C=O) groups is 4. The van der Waals surface area contributed by atoms with Crippen molar-refractivity contribution in [2.24, 2.45) is 5.41 Å². The van der Waals surface area contributed by atoms with Crippen molar-refractivity contribution in [2.45, 2.75) is 92.8 Å². The minimum absolute atomic E-state index is 0.0847. The second-order valence-corrected chi connectivity index (χ2v) is 27.3. The monoisotopic (exact) mass is 1340 g/mol. The van der Waals surface area contributed by atoms with Crippen LogP contribution in [0.2, 0.25) is 12.1 Å².